The Hall–Kier alpha value is -3.21. The number of rotatable bonds is 4. The van der Waals surface area contributed by atoms with Crippen molar-refractivity contribution in [3.05, 3.63) is 77.1 Å². The van der Waals surface area contributed by atoms with Crippen molar-refractivity contribution in [2.24, 2.45) is 0 Å². The van der Waals surface area contributed by atoms with E-state index in [1.54, 1.807) is 6.20 Å². The average Bonchev–Trinajstić information content (AvgIpc) is 2.99. The third-order valence-corrected chi connectivity index (χ3v) is 5.47. The molecule has 2 amide bonds. The predicted octanol–water partition coefficient (Wildman–Crippen LogP) is 4.89. The Morgan fingerprint density at radius 3 is 2.59 bits per heavy atom. The molecule has 1 aliphatic rings. The SMILES string of the molecule is Cc1cc(C)cc([C@H]2OC(=O)N(C(=O)CCc3cncc4ccccc34)[C@H]2C)c1. The summed E-state index contributed by atoms with van der Waals surface area (Å²) >= 11 is 0. The highest BCUT2D eigenvalue weighted by molar-refractivity contribution is 5.94. The van der Waals surface area contributed by atoms with Gasteiger partial charge in [-0.25, -0.2) is 9.69 Å². The first-order valence-electron chi connectivity index (χ1n) is 9.86. The monoisotopic (exact) mass is 388 g/mol. The number of cyclic esters (lactones) is 1. The van der Waals surface area contributed by atoms with E-state index in [4.69, 9.17) is 4.74 Å². The van der Waals surface area contributed by atoms with Gasteiger partial charge in [0.1, 0.15) is 6.10 Å². The van der Waals surface area contributed by atoms with Crippen molar-refractivity contribution in [1.82, 2.24) is 9.88 Å². The molecule has 1 fully saturated rings. The molecule has 0 spiro atoms. The number of benzene rings is 2. The Labute approximate surface area is 170 Å². The van der Waals surface area contributed by atoms with Crippen LogP contribution in [-0.4, -0.2) is 27.9 Å². The van der Waals surface area contributed by atoms with Crippen LogP contribution >= 0.6 is 0 Å². The molecule has 0 unspecified atom stereocenters. The molecule has 5 heteroatoms. The quantitative estimate of drug-likeness (QED) is 0.638. The molecule has 3 aromatic rings. The van der Waals surface area contributed by atoms with E-state index in [1.807, 2.05) is 63.4 Å². The van der Waals surface area contributed by atoms with Crippen LogP contribution in [0.5, 0.6) is 0 Å². The van der Waals surface area contributed by atoms with Gasteiger partial charge in [0.15, 0.2) is 0 Å². The fraction of sp³-hybridized carbons (Fsp3) is 0.292. The molecule has 0 aliphatic carbocycles. The van der Waals surface area contributed by atoms with Crippen LogP contribution in [0.2, 0.25) is 0 Å². The first-order chi connectivity index (χ1) is 13.9. The minimum Gasteiger partial charge on any atom is -0.439 e. The van der Waals surface area contributed by atoms with Gasteiger partial charge in [-0.05, 0) is 43.7 Å². The standard InChI is InChI=1S/C24H24N2O3/c1-15-10-16(2)12-20(11-15)23-17(3)26(24(28)29-23)22(27)9-8-19-14-25-13-18-6-4-5-7-21(18)19/h4-7,10-14,17,23H,8-9H2,1-3H3/t17-,23-/m0/s1. The van der Waals surface area contributed by atoms with Gasteiger partial charge in [0.2, 0.25) is 5.91 Å². The van der Waals surface area contributed by atoms with E-state index >= 15 is 0 Å². The summed E-state index contributed by atoms with van der Waals surface area (Å²) in [5.41, 5.74) is 4.15. The smallest absolute Gasteiger partial charge is 0.417 e. The van der Waals surface area contributed by atoms with Gasteiger partial charge in [-0.1, -0.05) is 53.6 Å². The van der Waals surface area contributed by atoms with Gasteiger partial charge < -0.3 is 4.74 Å². The number of hydrogen-bond acceptors (Lipinski definition) is 4. The number of aromatic nitrogens is 1. The minimum absolute atomic E-state index is 0.220. The van der Waals surface area contributed by atoms with Crippen molar-refractivity contribution < 1.29 is 14.3 Å². The fourth-order valence-electron chi connectivity index (χ4n) is 4.16. The number of ether oxygens (including phenoxy) is 1. The topological polar surface area (TPSA) is 59.5 Å². The van der Waals surface area contributed by atoms with Crippen LogP contribution in [-0.2, 0) is 16.0 Å². The maximum Gasteiger partial charge on any atom is 0.417 e. The van der Waals surface area contributed by atoms with Crippen molar-refractivity contribution in [3.63, 3.8) is 0 Å². The second-order valence-corrected chi connectivity index (χ2v) is 7.75. The Kier molecular flexibility index (Phi) is 5.05. The zero-order valence-electron chi connectivity index (χ0n) is 16.9. The predicted molar refractivity (Wildman–Crippen MR) is 112 cm³/mol. The van der Waals surface area contributed by atoms with Crippen LogP contribution in [0.4, 0.5) is 4.79 Å². The number of fused-ring (bicyclic) bond motifs is 1. The summed E-state index contributed by atoms with van der Waals surface area (Å²) < 4.78 is 5.58. The number of nitrogens with zero attached hydrogens (tertiary/aromatic N) is 2. The molecule has 5 nitrogen and oxygen atoms in total. The molecular formula is C24H24N2O3. The molecule has 148 valence electrons. The van der Waals surface area contributed by atoms with E-state index in [0.717, 1.165) is 33.0 Å². The van der Waals surface area contributed by atoms with Gasteiger partial charge >= 0.3 is 6.09 Å². The molecule has 1 saturated heterocycles. The van der Waals surface area contributed by atoms with E-state index < -0.39 is 12.2 Å². The van der Waals surface area contributed by atoms with Crippen LogP contribution in [0.1, 0.15) is 41.7 Å². The molecule has 0 radical (unpaired) electrons. The molecular weight excluding hydrogens is 364 g/mol. The molecule has 0 saturated carbocycles. The molecule has 4 rings (SSSR count). The van der Waals surface area contributed by atoms with E-state index in [2.05, 4.69) is 11.1 Å². The van der Waals surface area contributed by atoms with Crippen molar-refractivity contribution >= 4 is 22.8 Å². The summed E-state index contributed by atoms with van der Waals surface area (Å²) in [6, 6.07) is 13.7. The second-order valence-electron chi connectivity index (χ2n) is 7.75. The molecule has 29 heavy (non-hydrogen) atoms. The van der Waals surface area contributed by atoms with Crippen molar-refractivity contribution in [2.75, 3.05) is 0 Å². The largest absolute Gasteiger partial charge is 0.439 e. The molecule has 0 N–H and O–H groups in total. The van der Waals surface area contributed by atoms with Crippen molar-refractivity contribution in [3.8, 4) is 0 Å². The highest BCUT2D eigenvalue weighted by atomic mass is 16.6. The van der Waals surface area contributed by atoms with Gasteiger partial charge in [0, 0.05) is 24.2 Å². The summed E-state index contributed by atoms with van der Waals surface area (Å²) in [5.74, 6) is -0.220. The molecule has 2 aromatic carbocycles. The van der Waals surface area contributed by atoms with E-state index in [9.17, 15) is 9.59 Å². The highest BCUT2D eigenvalue weighted by Gasteiger charge is 2.43. The third kappa shape index (κ3) is 3.73. The maximum atomic E-state index is 12.9. The third-order valence-electron chi connectivity index (χ3n) is 5.47. The Morgan fingerprint density at radius 2 is 1.83 bits per heavy atom. The summed E-state index contributed by atoms with van der Waals surface area (Å²) in [6.45, 7) is 5.89. The van der Waals surface area contributed by atoms with Gasteiger partial charge in [-0.3, -0.25) is 9.78 Å². The number of pyridine rings is 1. The van der Waals surface area contributed by atoms with Gasteiger partial charge in [0.25, 0.3) is 0 Å². The van der Waals surface area contributed by atoms with Gasteiger partial charge in [-0.15, -0.1) is 0 Å². The number of amides is 2. The van der Waals surface area contributed by atoms with Gasteiger partial charge in [0.05, 0.1) is 6.04 Å². The highest BCUT2D eigenvalue weighted by Crippen LogP contribution is 2.34. The Morgan fingerprint density at radius 1 is 1.10 bits per heavy atom. The van der Waals surface area contributed by atoms with Gasteiger partial charge in [-0.2, -0.15) is 0 Å². The lowest BCUT2D eigenvalue weighted by Crippen LogP contribution is -2.37. The van der Waals surface area contributed by atoms with Crippen LogP contribution < -0.4 is 0 Å². The zero-order chi connectivity index (χ0) is 20.5. The maximum absolute atomic E-state index is 12.9. The Balaban J connectivity index is 1.50. The van der Waals surface area contributed by atoms with Crippen LogP contribution in [0.25, 0.3) is 10.8 Å². The minimum atomic E-state index is -0.567. The lowest BCUT2D eigenvalue weighted by molar-refractivity contribution is -0.129. The van der Waals surface area contributed by atoms with E-state index in [-0.39, 0.29) is 18.4 Å². The number of carbonyl (C=O) groups excluding carboxylic acids is 2. The van der Waals surface area contributed by atoms with Crippen LogP contribution in [0.3, 0.4) is 0 Å². The van der Waals surface area contributed by atoms with E-state index in [0.29, 0.717) is 6.42 Å². The summed E-state index contributed by atoms with van der Waals surface area (Å²) in [6.07, 6.45) is 3.35. The van der Waals surface area contributed by atoms with Crippen LogP contribution in [0, 0.1) is 13.8 Å². The average molecular weight is 388 g/mol. The number of imide groups is 1. The lowest BCUT2D eigenvalue weighted by Gasteiger charge is -2.20. The van der Waals surface area contributed by atoms with Crippen molar-refractivity contribution in [1.29, 1.82) is 0 Å². The molecule has 1 aliphatic heterocycles. The van der Waals surface area contributed by atoms with Crippen molar-refractivity contribution in [2.45, 2.75) is 45.8 Å². The Bertz CT molecular complexity index is 1070. The molecule has 1 aromatic heterocycles. The summed E-state index contributed by atoms with van der Waals surface area (Å²) in [5, 5.41) is 2.13. The summed E-state index contributed by atoms with van der Waals surface area (Å²) in [7, 11) is 0. The number of aryl methyl sites for hydroxylation is 3. The van der Waals surface area contributed by atoms with Crippen LogP contribution in [0.15, 0.2) is 54.9 Å². The first kappa shape index (κ1) is 19.1. The second kappa shape index (κ2) is 7.66. The number of hydrogen-bond donors (Lipinski definition) is 0. The number of carbonyl (C=O) groups is 2. The fourth-order valence-corrected chi connectivity index (χ4v) is 4.16. The normalized spacial score (nSPS) is 18.9. The summed E-state index contributed by atoms with van der Waals surface area (Å²) in [4.78, 5) is 30.9. The van der Waals surface area contributed by atoms with E-state index in [1.165, 1.54) is 4.90 Å². The first-order valence-corrected chi connectivity index (χ1v) is 9.86. The molecule has 0 bridgehead atoms. The molecule has 2 heterocycles. The lowest BCUT2D eigenvalue weighted by atomic mass is 9.98. The molecule has 2 atom stereocenters. The zero-order valence-corrected chi connectivity index (χ0v) is 16.9.